The molecule has 2 unspecified atom stereocenters. The second-order valence-corrected chi connectivity index (χ2v) is 5.40. The van der Waals surface area contributed by atoms with Crippen LogP contribution in [0.4, 0.5) is 13.2 Å². The number of hydrogen-bond acceptors (Lipinski definition) is 2. The molecular formula is C15H18F3NO2. The quantitative estimate of drug-likeness (QED) is 0.902. The summed E-state index contributed by atoms with van der Waals surface area (Å²) in [5.41, 5.74) is -0.208. The van der Waals surface area contributed by atoms with Crippen LogP contribution in [0.2, 0.25) is 0 Å². The number of amides is 1. The molecule has 1 aliphatic carbocycles. The Labute approximate surface area is 121 Å². The van der Waals surface area contributed by atoms with E-state index in [1.54, 1.807) is 0 Å². The van der Waals surface area contributed by atoms with E-state index in [4.69, 9.17) is 0 Å². The van der Waals surface area contributed by atoms with Crippen molar-refractivity contribution in [1.29, 1.82) is 0 Å². The van der Waals surface area contributed by atoms with Crippen molar-refractivity contribution in [1.82, 2.24) is 5.32 Å². The molecule has 3 nitrogen and oxygen atoms in total. The maximum atomic E-state index is 12.4. The topological polar surface area (TPSA) is 49.3 Å². The molecule has 0 aromatic heterocycles. The highest BCUT2D eigenvalue weighted by molar-refractivity contribution is 5.78. The third kappa shape index (κ3) is 4.46. The maximum Gasteiger partial charge on any atom is 0.416 e. The number of hydrogen-bond donors (Lipinski definition) is 2. The lowest BCUT2D eigenvalue weighted by Crippen LogP contribution is -2.45. The van der Waals surface area contributed by atoms with Gasteiger partial charge in [-0.2, -0.15) is 13.2 Å². The van der Waals surface area contributed by atoms with Crippen molar-refractivity contribution in [3.8, 4) is 0 Å². The highest BCUT2D eigenvalue weighted by Crippen LogP contribution is 2.29. The zero-order valence-electron chi connectivity index (χ0n) is 11.5. The number of benzene rings is 1. The predicted molar refractivity (Wildman–Crippen MR) is 71.6 cm³/mol. The molecule has 0 saturated heterocycles. The summed E-state index contributed by atoms with van der Waals surface area (Å²) >= 11 is 0. The van der Waals surface area contributed by atoms with Gasteiger partial charge in [-0.15, -0.1) is 0 Å². The van der Waals surface area contributed by atoms with Gasteiger partial charge in [0, 0.05) is 0 Å². The van der Waals surface area contributed by atoms with Crippen molar-refractivity contribution in [3.05, 3.63) is 35.4 Å². The van der Waals surface area contributed by atoms with E-state index in [1.807, 2.05) is 0 Å². The van der Waals surface area contributed by atoms with Crippen molar-refractivity contribution in [2.45, 2.75) is 50.4 Å². The molecule has 2 N–H and O–H groups in total. The molecular weight excluding hydrogens is 283 g/mol. The number of aliphatic hydroxyl groups excluding tert-OH is 1. The molecule has 0 aliphatic heterocycles. The number of halogens is 3. The van der Waals surface area contributed by atoms with Gasteiger partial charge < -0.3 is 10.4 Å². The summed E-state index contributed by atoms with van der Waals surface area (Å²) in [5, 5.41) is 12.5. The molecule has 1 aromatic carbocycles. The first-order valence-electron chi connectivity index (χ1n) is 7.00. The van der Waals surface area contributed by atoms with Gasteiger partial charge in [0.1, 0.15) is 0 Å². The Kier molecular flexibility index (Phi) is 4.88. The molecule has 2 rings (SSSR count). The van der Waals surface area contributed by atoms with Gasteiger partial charge in [0.05, 0.1) is 24.1 Å². The zero-order chi connectivity index (χ0) is 15.5. The SMILES string of the molecule is O=C(Cc1ccc(C(F)(F)F)cc1)NC1CCCCC1O. The van der Waals surface area contributed by atoms with Crippen LogP contribution in [0.3, 0.4) is 0 Å². The largest absolute Gasteiger partial charge is 0.416 e. The van der Waals surface area contributed by atoms with Gasteiger partial charge in [0.2, 0.25) is 5.91 Å². The number of alkyl halides is 3. The Hall–Kier alpha value is -1.56. The second kappa shape index (κ2) is 6.47. The van der Waals surface area contributed by atoms with E-state index in [0.717, 1.165) is 31.4 Å². The molecule has 1 fully saturated rings. The summed E-state index contributed by atoms with van der Waals surface area (Å²) in [6.07, 6.45) is -1.57. The van der Waals surface area contributed by atoms with Gasteiger partial charge in [-0.05, 0) is 30.5 Å². The van der Waals surface area contributed by atoms with Crippen LogP contribution >= 0.6 is 0 Å². The maximum absolute atomic E-state index is 12.4. The molecule has 0 radical (unpaired) electrons. The van der Waals surface area contributed by atoms with Crippen LogP contribution in [-0.4, -0.2) is 23.2 Å². The van der Waals surface area contributed by atoms with E-state index in [2.05, 4.69) is 5.32 Å². The Balaban J connectivity index is 1.90. The summed E-state index contributed by atoms with van der Waals surface area (Å²) in [4.78, 5) is 11.9. The standard InChI is InChI=1S/C15H18F3NO2/c16-15(17,18)11-7-5-10(6-8-11)9-14(21)19-12-3-1-2-4-13(12)20/h5-8,12-13,20H,1-4,9H2,(H,19,21). The number of carbonyl (C=O) groups is 1. The van der Waals surface area contributed by atoms with E-state index in [9.17, 15) is 23.1 Å². The van der Waals surface area contributed by atoms with Gasteiger partial charge in [0.15, 0.2) is 0 Å². The van der Waals surface area contributed by atoms with E-state index in [-0.39, 0.29) is 18.4 Å². The van der Waals surface area contributed by atoms with Gasteiger partial charge in [-0.1, -0.05) is 25.0 Å². The van der Waals surface area contributed by atoms with Gasteiger partial charge in [-0.3, -0.25) is 4.79 Å². The van der Waals surface area contributed by atoms with Crippen molar-refractivity contribution < 1.29 is 23.1 Å². The first-order chi connectivity index (χ1) is 9.86. The average molecular weight is 301 g/mol. The lowest BCUT2D eigenvalue weighted by molar-refractivity contribution is -0.137. The molecule has 0 bridgehead atoms. The number of aliphatic hydroxyl groups is 1. The van der Waals surface area contributed by atoms with E-state index in [1.165, 1.54) is 12.1 Å². The first kappa shape index (κ1) is 15.8. The lowest BCUT2D eigenvalue weighted by Gasteiger charge is -2.28. The Morgan fingerprint density at radius 1 is 1.19 bits per heavy atom. The Morgan fingerprint density at radius 3 is 2.38 bits per heavy atom. The van der Waals surface area contributed by atoms with Crippen LogP contribution in [0.1, 0.15) is 36.8 Å². The Bertz CT molecular complexity index is 485. The van der Waals surface area contributed by atoms with Crippen molar-refractivity contribution in [2.75, 3.05) is 0 Å². The summed E-state index contributed by atoms with van der Waals surface area (Å²) in [6, 6.07) is 4.30. The highest BCUT2D eigenvalue weighted by Gasteiger charge is 2.30. The van der Waals surface area contributed by atoms with Crippen LogP contribution in [0.5, 0.6) is 0 Å². The normalized spacial score (nSPS) is 22.9. The molecule has 1 amide bonds. The zero-order valence-corrected chi connectivity index (χ0v) is 11.5. The number of nitrogens with one attached hydrogen (secondary N) is 1. The van der Waals surface area contributed by atoms with E-state index >= 15 is 0 Å². The van der Waals surface area contributed by atoms with E-state index in [0.29, 0.717) is 12.0 Å². The monoisotopic (exact) mass is 301 g/mol. The fourth-order valence-corrected chi connectivity index (χ4v) is 2.53. The summed E-state index contributed by atoms with van der Waals surface area (Å²) in [5.74, 6) is -0.277. The Morgan fingerprint density at radius 2 is 1.81 bits per heavy atom. The molecule has 116 valence electrons. The van der Waals surface area contributed by atoms with Gasteiger partial charge >= 0.3 is 6.18 Å². The predicted octanol–water partition coefficient (Wildman–Crippen LogP) is 2.67. The van der Waals surface area contributed by atoms with Crippen molar-refractivity contribution in [3.63, 3.8) is 0 Å². The summed E-state index contributed by atoms with van der Waals surface area (Å²) < 4.78 is 37.3. The van der Waals surface area contributed by atoms with Gasteiger partial charge in [-0.25, -0.2) is 0 Å². The van der Waals surface area contributed by atoms with Crippen LogP contribution in [-0.2, 0) is 17.4 Å². The molecule has 1 saturated carbocycles. The fraction of sp³-hybridized carbons (Fsp3) is 0.533. The summed E-state index contributed by atoms with van der Waals surface area (Å²) in [7, 11) is 0. The minimum atomic E-state index is -4.37. The van der Waals surface area contributed by atoms with Crippen LogP contribution in [0.15, 0.2) is 24.3 Å². The number of rotatable bonds is 3. The molecule has 21 heavy (non-hydrogen) atoms. The van der Waals surface area contributed by atoms with Crippen LogP contribution in [0, 0.1) is 0 Å². The number of carbonyl (C=O) groups excluding carboxylic acids is 1. The molecule has 6 heteroatoms. The minimum absolute atomic E-state index is 0.0152. The van der Waals surface area contributed by atoms with E-state index < -0.39 is 17.8 Å². The molecule has 0 spiro atoms. The van der Waals surface area contributed by atoms with Crippen molar-refractivity contribution >= 4 is 5.91 Å². The molecule has 2 atom stereocenters. The smallest absolute Gasteiger partial charge is 0.391 e. The molecule has 0 heterocycles. The van der Waals surface area contributed by atoms with Crippen LogP contribution < -0.4 is 5.32 Å². The third-order valence-corrected chi connectivity index (χ3v) is 3.72. The third-order valence-electron chi connectivity index (χ3n) is 3.72. The van der Waals surface area contributed by atoms with Crippen LogP contribution in [0.25, 0.3) is 0 Å². The first-order valence-corrected chi connectivity index (χ1v) is 7.00. The molecule has 1 aromatic rings. The molecule has 1 aliphatic rings. The second-order valence-electron chi connectivity index (χ2n) is 5.40. The average Bonchev–Trinajstić information content (AvgIpc) is 2.41. The minimum Gasteiger partial charge on any atom is -0.391 e. The highest BCUT2D eigenvalue weighted by atomic mass is 19.4. The van der Waals surface area contributed by atoms with Gasteiger partial charge in [0.25, 0.3) is 0 Å². The summed E-state index contributed by atoms with van der Waals surface area (Å²) in [6.45, 7) is 0. The fourth-order valence-electron chi connectivity index (χ4n) is 2.53. The van der Waals surface area contributed by atoms with Crippen molar-refractivity contribution in [2.24, 2.45) is 0 Å². The lowest BCUT2D eigenvalue weighted by atomic mass is 9.92.